The van der Waals surface area contributed by atoms with Crippen molar-refractivity contribution >= 4 is 23.6 Å². The molecule has 0 spiro atoms. The third-order valence-corrected chi connectivity index (χ3v) is 5.09. The molecule has 1 fully saturated rings. The molecule has 1 unspecified atom stereocenters. The predicted octanol–water partition coefficient (Wildman–Crippen LogP) is 2.65. The Balaban J connectivity index is 1.75. The number of ether oxygens (including phenoxy) is 2. The van der Waals surface area contributed by atoms with Crippen LogP contribution in [0.25, 0.3) is 6.08 Å². The van der Waals surface area contributed by atoms with E-state index in [9.17, 15) is 23.2 Å². The Kier molecular flexibility index (Phi) is 5.99. The van der Waals surface area contributed by atoms with Crippen LogP contribution in [0.5, 0.6) is 5.75 Å². The minimum absolute atomic E-state index is 0.0337. The van der Waals surface area contributed by atoms with E-state index in [1.165, 1.54) is 6.07 Å². The number of benzene rings is 1. The van der Waals surface area contributed by atoms with Gasteiger partial charge in [-0.05, 0) is 37.1 Å². The summed E-state index contributed by atoms with van der Waals surface area (Å²) in [4.78, 5) is 16.8. The van der Waals surface area contributed by atoms with Crippen molar-refractivity contribution < 1.29 is 42.4 Å². The first-order chi connectivity index (χ1) is 14.0. The molecule has 9 nitrogen and oxygen atoms in total. The van der Waals surface area contributed by atoms with Gasteiger partial charge in [0, 0.05) is 10.6 Å². The summed E-state index contributed by atoms with van der Waals surface area (Å²) in [6.45, 7) is 2.40. The van der Waals surface area contributed by atoms with Gasteiger partial charge in [0.05, 0.1) is 10.5 Å². The quantitative estimate of drug-likeness (QED) is 0.183. The highest BCUT2D eigenvalue weighted by Crippen LogP contribution is 2.41. The second kappa shape index (κ2) is 8.19. The molecule has 1 N–H and O–H groups in total. The van der Waals surface area contributed by atoms with Crippen LogP contribution in [0.1, 0.15) is 16.7 Å². The van der Waals surface area contributed by atoms with Crippen molar-refractivity contribution in [2.45, 2.75) is 32.2 Å². The van der Waals surface area contributed by atoms with Crippen molar-refractivity contribution in [2.75, 3.05) is 19.9 Å². The lowest BCUT2D eigenvalue weighted by atomic mass is 9.96. The lowest BCUT2D eigenvalue weighted by Gasteiger charge is -2.30. The monoisotopic (exact) mass is 451 g/mol. The highest BCUT2D eigenvalue weighted by molar-refractivity contribution is 6.32. The minimum Gasteiger partial charge on any atom is -0.569 e. The summed E-state index contributed by atoms with van der Waals surface area (Å²) in [5.74, 6) is -1.41. The van der Waals surface area contributed by atoms with E-state index >= 15 is 0 Å². The summed E-state index contributed by atoms with van der Waals surface area (Å²) in [6.07, 6.45) is -7.08. The van der Waals surface area contributed by atoms with Crippen LogP contribution < -0.4 is 4.74 Å². The van der Waals surface area contributed by atoms with Gasteiger partial charge in [0.1, 0.15) is 24.9 Å². The SMILES string of the molecule is Cc1cc2c(c(C)c1Cl)C=C(C(=O)OCON=[N+]([O-])N1CC(O)C1)C(C(F)(F)F)O2. The first-order valence-electron chi connectivity index (χ1n) is 8.64. The van der Waals surface area contributed by atoms with E-state index in [1.807, 2.05) is 0 Å². The Morgan fingerprint density at radius 2 is 2.13 bits per heavy atom. The van der Waals surface area contributed by atoms with Crippen LogP contribution in [0, 0.1) is 19.1 Å². The summed E-state index contributed by atoms with van der Waals surface area (Å²) >= 11 is 6.14. The molecule has 0 aromatic heterocycles. The number of fused-ring (bicyclic) bond motifs is 1. The molecule has 2 aliphatic rings. The topological polar surface area (TPSA) is 107 Å². The van der Waals surface area contributed by atoms with Crippen LogP contribution >= 0.6 is 11.6 Å². The van der Waals surface area contributed by atoms with E-state index in [1.54, 1.807) is 13.8 Å². The molecule has 1 aromatic carbocycles. The van der Waals surface area contributed by atoms with Gasteiger partial charge < -0.3 is 24.6 Å². The molecule has 2 heterocycles. The van der Waals surface area contributed by atoms with Crippen LogP contribution in [0.4, 0.5) is 13.2 Å². The maximum atomic E-state index is 13.5. The Morgan fingerprint density at radius 3 is 2.73 bits per heavy atom. The third kappa shape index (κ3) is 4.38. The zero-order valence-electron chi connectivity index (χ0n) is 15.8. The molecule has 0 aliphatic carbocycles. The van der Waals surface area contributed by atoms with Crippen LogP contribution in [0.2, 0.25) is 5.02 Å². The van der Waals surface area contributed by atoms with Crippen molar-refractivity contribution in [1.29, 1.82) is 0 Å². The number of alkyl halides is 3. The van der Waals surface area contributed by atoms with E-state index in [0.717, 1.165) is 11.1 Å². The maximum Gasteiger partial charge on any atom is 0.430 e. The second-order valence-electron chi connectivity index (χ2n) is 6.72. The lowest BCUT2D eigenvalue weighted by Crippen LogP contribution is -2.53. The van der Waals surface area contributed by atoms with Gasteiger partial charge in [0.2, 0.25) is 11.4 Å². The Labute approximate surface area is 173 Å². The molecule has 2 aliphatic heterocycles. The van der Waals surface area contributed by atoms with Gasteiger partial charge in [-0.1, -0.05) is 11.6 Å². The first-order valence-corrected chi connectivity index (χ1v) is 9.01. The summed E-state index contributed by atoms with van der Waals surface area (Å²) in [5.41, 5.74) is 0.403. The number of esters is 1. The van der Waals surface area contributed by atoms with Gasteiger partial charge in [-0.15, -0.1) is 5.01 Å². The molecular weight excluding hydrogens is 435 g/mol. The van der Waals surface area contributed by atoms with Crippen molar-refractivity contribution in [2.24, 2.45) is 5.28 Å². The number of hydrazine groups is 1. The molecule has 0 saturated carbocycles. The van der Waals surface area contributed by atoms with Crippen LogP contribution in [0.15, 0.2) is 16.9 Å². The molecule has 3 rings (SSSR count). The Morgan fingerprint density at radius 1 is 1.47 bits per heavy atom. The van der Waals surface area contributed by atoms with Gasteiger partial charge in [0.25, 0.3) is 6.79 Å². The normalized spacial score (nSPS) is 19.4. The van der Waals surface area contributed by atoms with Crippen molar-refractivity contribution in [3.8, 4) is 5.75 Å². The summed E-state index contributed by atoms with van der Waals surface area (Å²) < 4.78 is 50.1. The van der Waals surface area contributed by atoms with Crippen LogP contribution in [0.3, 0.4) is 0 Å². The number of aliphatic hydroxyl groups is 1. The number of aryl methyl sites for hydroxylation is 1. The van der Waals surface area contributed by atoms with Crippen molar-refractivity contribution in [1.82, 2.24) is 5.01 Å². The first kappa shape index (κ1) is 22.0. The number of carbonyl (C=O) groups is 1. The highest BCUT2D eigenvalue weighted by Gasteiger charge is 2.49. The maximum absolute atomic E-state index is 13.5. The Bertz CT molecular complexity index is 915. The largest absolute Gasteiger partial charge is 0.569 e. The predicted molar refractivity (Wildman–Crippen MR) is 95.1 cm³/mol. The van der Waals surface area contributed by atoms with E-state index in [2.05, 4.69) is 14.9 Å². The zero-order valence-corrected chi connectivity index (χ0v) is 16.5. The van der Waals surface area contributed by atoms with Gasteiger partial charge in [-0.25, -0.2) is 4.79 Å². The van der Waals surface area contributed by atoms with Gasteiger partial charge in [-0.3, -0.25) is 0 Å². The van der Waals surface area contributed by atoms with Gasteiger partial charge in [-0.2, -0.15) is 13.2 Å². The molecule has 0 radical (unpaired) electrons. The number of hydrogen-bond acceptors (Lipinski definition) is 7. The molecule has 1 atom stereocenters. The lowest BCUT2D eigenvalue weighted by molar-refractivity contribution is -0.727. The van der Waals surface area contributed by atoms with E-state index in [4.69, 9.17) is 21.4 Å². The minimum atomic E-state index is -4.89. The highest BCUT2D eigenvalue weighted by atomic mass is 35.5. The zero-order chi connectivity index (χ0) is 22.2. The molecule has 1 saturated heterocycles. The van der Waals surface area contributed by atoms with Crippen LogP contribution in [-0.2, 0) is 14.4 Å². The van der Waals surface area contributed by atoms with Gasteiger partial charge in [0.15, 0.2) is 0 Å². The number of halogens is 4. The third-order valence-electron chi connectivity index (χ3n) is 4.51. The van der Waals surface area contributed by atoms with Gasteiger partial charge >= 0.3 is 12.1 Å². The summed E-state index contributed by atoms with van der Waals surface area (Å²) in [5, 5.41) is 25.0. The molecular formula is C17H17ClF3N3O6. The second-order valence-corrected chi connectivity index (χ2v) is 7.10. The van der Waals surface area contributed by atoms with E-state index < -0.39 is 36.7 Å². The number of hydrogen-bond donors (Lipinski definition) is 1. The van der Waals surface area contributed by atoms with E-state index in [0.29, 0.717) is 16.1 Å². The summed E-state index contributed by atoms with van der Waals surface area (Å²) in [6, 6.07) is 1.36. The number of nitrogens with zero attached hydrogens (tertiary/aromatic N) is 3. The van der Waals surface area contributed by atoms with Crippen molar-refractivity contribution in [3.63, 3.8) is 0 Å². The number of β-amino-alcohol motifs (C(OH)–C–C–N with tert-alkyl or cyclic N) is 1. The number of rotatable bonds is 5. The average Bonchev–Trinajstić information content (AvgIpc) is 2.65. The summed E-state index contributed by atoms with van der Waals surface area (Å²) in [7, 11) is 0. The van der Waals surface area contributed by atoms with E-state index in [-0.39, 0.29) is 29.4 Å². The fourth-order valence-electron chi connectivity index (χ4n) is 2.90. The molecule has 13 heteroatoms. The average molecular weight is 452 g/mol. The molecule has 0 bridgehead atoms. The molecule has 30 heavy (non-hydrogen) atoms. The standard InChI is InChI=1S/C17H17ClF3N3O6/c1-8-3-13-11(9(2)14(8)18)4-12(15(30-13)17(19,20)21)16(26)28-7-29-22-24(27)23-5-10(25)6-23/h3-4,10,15,25H,5-7H2,1-2H3. The van der Waals surface area contributed by atoms with Crippen molar-refractivity contribution in [3.05, 3.63) is 38.6 Å². The molecule has 0 amide bonds. The fourth-order valence-corrected chi connectivity index (χ4v) is 3.06. The fraction of sp³-hybridized carbons (Fsp3) is 0.471. The molecule has 164 valence electrons. The Hall–Kier alpha value is -2.73. The number of aliphatic hydroxyl groups excluding tert-OH is 1. The smallest absolute Gasteiger partial charge is 0.430 e. The molecule has 1 aromatic rings. The van der Waals surface area contributed by atoms with Crippen LogP contribution in [-0.4, -0.2) is 59.3 Å². The number of carbonyl (C=O) groups excluding carboxylic acids is 1.